The molecule has 0 amide bonds. The van der Waals surface area contributed by atoms with Gasteiger partial charge in [0.25, 0.3) is 0 Å². The highest BCUT2D eigenvalue weighted by atomic mass is 16.1. The molecule has 20 heavy (non-hydrogen) atoms. The van der Waals surface area contributed by atoms with Crippen LogP contribution < -0.4 is 0 Å². The number of hydrogen-bond donors (Lipinski definition) is 1. The summed E-state index contributed by atoms with van der Waals surface area (Å²) < 4.78 is 2.03. The molecule has 0 fully saturated rings. The molecule has 2 aromatic heterocycles. The summed E-state index contributed by atoms with van der Waals surface area (Å²) in [7, 11) is 1.99. The van der Waals surface area contributed by atoms with E-state index in [1.54, 1.807) is 6.33 Å². The van der Waals surface area contributed by atoms with E-state index in [2.05, 4.69) is 9.97 Å². The van der Waals surface area contributed by atoms with E-state index in [0.717, 1.165) is 27.9 Å². The van der Waals surface area contributed by atoms with Gasteiger partial charge in [-0.15, -0.1) is 0 Å². The van der Waals surface area contributed by atoms with Crippen molar-refractivity contribution in [2.24, 2.45) is 7.05 Å². The topological polar surface area (TPSA) is 50.7 Å². The maximum Gasteiger partial charge on any atom is 0.163 e. The molecule has 0 bridgehead atoms. The molecule has 0 aliphatic heterocycles. The summed E-state index contributed by atoms with van der Waals surface area (Å²) in [6.07, 6.45) is 4.82. The van der Waals surface area contributed by atoms with Gasteiger partial charge < -0.3 is 9.55 Å². The predicted molar refractivity (Wildman–Crippen MR) is 78.9 cm³/mol. The number of aromatic nitrogens is 3. The van der Waals surface area contributed by atoms with Crippen LogP contribution in [0.2, 0.25) is 0 Å². The van der Waals surface area contributed by atoms with Crippen molar-refractivity contribution in [3.05, 3.63) is 53.7 Å². The average Bonchev–Trinajstić information content (AvgIpc) is 3.03. The van der Waals surface area contributed by atoms with Crippen molar-refractivity contribution in [3.63, 3.8) is 0 Å². The van der Waals surface area contributed by atoms with Crippen molar-refractivity contribution in [2.75, 3.05) is 0 Å². The van der Waals surface area contributed by atoms with Gasteiger partial charge in [-0.3, -0.25) is 4.79 Å². The fourth-order valence-corrected chi connectivity index (χ4v) is 2.55. The molecular formula is C16H17N3O. The molecule has 2 heterocycles. The van der Waals surface area contributed by atoms with Gasteiger partial charge in [-0.25, -0.2) is 4.98 Å². The highest BCUT2D eigenvalue weighted by molar-refractivity contribution is 6.07. The molecule has 3 rings (SSSR count). The number of hydrogen-bond acceptors (Lipinski definition) is 2. The lowest BCUT2D eigenvalue weighted by Gasteiger charge is -2.04. The standard InChI is InChI=1S/C16H17N3O/c1-11-14(18-10-17-11)6-7-16(20)13-4-3-5-15-12(13)8-9-19(15)2/h3-5,8-10H,6-7H2,1-2H3,(H,17,18). The van der Waals surface area contributed by atoms with Crippen LogP contribution in [0, 0.1) is 6.92 Å². The zero-order valence-corrected chi connectivity index (χ0v) is 11.7. The maximum atomic E-state index is 12.4. The first-order valence-corrected chi connectivity index (χ1v) is 6.73. The summed E-state index contributed by atoms with van der Waals surface area (Å²) in [5.41, 5.74) is 3.90. The number of Topliss-reactive ketones (excluding diaryl/α,β-unsaturated/α-hetero) is 1. The largest absolute Gasteiger partial charge is 0.351 e. The Morgan fingerprint density at radius 1 is 1.35 bits per heavy atom. The minimum Gasteiger partial charge on any atom is -0.351 e. The average molecular weight is 267 g/mol. The number of nitrogens with zero attached hydrogens (tertiary/aromatic N) is 2. The lowest BCUT2D eigenvalue weighted by Crippen LogP contribution is -2.03. The number of aryl methyl sites for hydroxylation is 3. The third kappa shape index (κ3) is 2.13. The van der Waals surface area contributed by atoms with Gasteiger partial charge in [0.2, 0.25) is 0 Å². The van der Waals surface area contributed by atoms with E-state index in [1.807, 2.05) is 49.0 Å². The second kappa shape index (κ2) is 4.96. The Morgan fingerprint density at radius 2 is 2.20 bits per heavy atom. The Bertz CT molecular complexity index is 767. The van der Waals surface area contributed by atoms with E-state index in [1.165, 1.54) is 0 Å². The van der Waals surface area contributed by atoms with E-state index in [4.69, 9.17) is 0 Å². The number of benzene rings is 1. The monoisotopic (exact) mass is 267 g/mol. The number of rotatable bonds is 4. The number of aromatic amines is 1. The van der Waals surface area contributed by atoms with Crippen molar-refractivity contribution in [3.8, 4) is 0 Å². The van der Waals surface area contributed by atoms with E-state index in [0.29, 0.717) is 12.8 Å². The second-order valence-electron chi connectivity index (χ2n) is 5.06. The molecular weight excluding hydrogens is 250 g/mol. The van der Waals surface area contributed by atoms with Crippen LogP contribution in [0.15, 0.2) is 36.8 Å². The van der Waals surface area contributed by atoms with Crippen LogP contribution in [0.4, 0.5) is 0 Å². The molecule has 0 radical (unpaired) electrons. The van der Waals surface area contributed by atoms with Crippen molar-refractivity contribution < 1.29 is 4.79 Å². The molecule has 4 nitrogen and oxygen atoms in total. The predicted octanol–water partition coefficient (Wildman–Crippen LogP) is 3.03. The van der Waals surface area contributed by atoms with Crippen LogP contribution >= 0.6 is 0 Å². The fraction of sp³-hybridized carbons (Fsp3) is 0.250. The number of carbonyl (C=O) groups excluding carboxylic acids is 1. The first-order chi connectivity index (χ1) is 9.66. The van der Waals surface area contributed by atoms with Gasteiger partial charge in [0, 0.05) is 41.8 Å². The van der Waals surface area contributed by atoms with Crippen LogP contribution in [-0.2, 0) is 13.5 Å². The van der Waals surface area contributed by atoms with Crippen LogP contribution in [0.5, 0.6) is 0 Å². The highest BCUT2D eigenvalue weighted by Crippen LogP contribution is 2.21. The van der Waals surface area contributed by atoms with Gasteiger partial charge in [0.1, 0.15) is 0 Å². The van der Waals surface area contributed by atoms with E-state index < -0.39 is 0 Å². The second-order valence-corrected chi connectivity index (χ2v) is 5.06. The molecule has 0 atom stereocenters. The molecule has 3 aromatic rings. The number of carbonyl (C=O) groups is 1. The first kappa shape index (κ1) is 12.7. The lowest BCUT2D eigenvalue weighted by atomic mass is 10.0. The normalized spacial score (nSPS) is 11.1. The maximum absolute atomic E-state index is 12.4. The minimum absolute atomic E-state index is 0.171. The summed E-state index contributed by atoms with van der Waals surface area (Å²) in [6, 6.07) is 7.88. The van der Waals surface area contributed by atoms with E-state index in [-0.39, 0.29) is 5.78 Å². The number of nitrogens with one attached hydrogen (secondary N) is 1. The van der Waals surface area contributed by atoms with Crippen LogP contribution in [0.1, 0.15) is 28.2 Å². The number of imidazole rings is 1. The summed E-state index contributed by atoms with van der Waals surface area (Å²) in [6.45, 7) is 1.98. The molecule has 0 saturated carbocycles. The van der Waals surface area contributed by atoms with Crippen molar-refractivity contribution >= 4 is 16.7 Å². The zero-order chi connectivity index (χ0) is 14.1. The number of ketones is 1. The van der Waals surface area contributed by atoms with E-state index >= 15 is 0 Å². The quantitative estimate of drug-likeness (QED) is 0.739. The van der Waals surface area contributed by atoms with Crippen molar-refractivity contribution in [2.45, 2.75) is 19.8 Å². The molecule has 0 spiro atoms. The molecule has 4 heteroatoms. The van der Waals surface area contributed by atoms with E-state index in [9.17, 15) is 4.79 Å². The third-order valence-corrected chi connectivity index (χ3v) is 3.75. The lowest BCUT2D eigenvalue weighted by molar-refractivity contribution is 0.0984. The SMILES string of the molecule is Cc1[nH]cnc1CCC(=O)c1cccc2c1ccn2C. The van der Waals surface area contributed by atoms with Gasteiger partial charge in [0.15, 0.2) is 5.78 Å². The molecule has 1 aromatic carbocycles. The Morgan fingerprint density at radius 3 is 2.95 bits per heavy atom. The van der Waals surface area contributed by atoms with Crippen LogP contribution in [0.3, 0.4) is 0 Å². The molecule has 0 aliphatic rings. The molecule has 0 aliphatic carbocycles. The molecule has 102 valence electrons. The van der Waals surface area contributed by atoms with Gasteiger partial charge >= 0.3 is 0 Å². The van der Waals surface area contributed by atoms with Crippen molar-refractivity contribution in [1.29, 1.82) is 0 Å². The molecule has 0 saturated heterocycles. The highest BCUT2D eigenvalue weighted by Gasteiger charge is 2.12. The Kier molecular flexibility index (Phi) is 3.14. The summed E-state index contributed by atoms with van der Waals surface area (Å²) in [4.78, 5) is 19.7. The summed E-state index contributed by atoms with van der Waals surface area (Å²) in [5.74, 6) is 0.171. The molecule has 1 N–H and O–H groups in total. The summed E-state index contributed by atoms with van der Waals surface area (Å²) >= 11 is 0. The Balaban J connectivity index is 1.84. The Hall–Kier alpha value is -2.36. The number of H-pyrrole nitrogens is 1. The molecule has 0 unspecified atom stereocenters. The smallest absolute Gasteiger partial charge is 0.163 e. The minimum atomic E-state index is 0.171. The van der Waals surface area contributed by atoms with Crippen molar-refractivity contribution in [1.82, 2.24) is 14.5 Å². The van der Waals surface area contributed by atoms with Gasteiger partial charge in [-0.05, 0) is 25.5 Å². The fourth-order valence-electron chi connectivity index (χ4n) is 2.55. The first-order valence-electron chi connectivity index (χ1n) is 6.73. The van der Waals surface area contributed by atoms with Crippen LogP contribution in [0.25, 0.3) is 10.9 Å². The summed E-state index contributed by atoms with van der Waals surface area (Å²) in [5, 5.41) is 1.03. The Labute approximate surface area is 117 Å². The van der Waals surface area contributed by atoms with Gasteiger partial charge in [0.05, 0.1) is 12.0 Å². The third-order valence-electron chi connectivity index (χ3n) is 3.75. The number of fused-ring (bicyclic) bond motifs is 1. The van der Waals surface area contributed by atoms with Crippen LogP contribution in [-0.4, -0.2) is 20.3 Å². The van der Waals surface area contributed by atoms with Gasteiger partial charge in [-0.1, -0.05) is 12.1 Å². The zero-order valence-electron chi connectivity index (χ0n) is 11.7. The van der Waals surface area contributed by atoms with Gasteiger partial charge in [-0.2, -0.15) is 0 Å².